The van der Waals surface area contributed by atoms with Crippen molar-refractivity contribution < 1.29 is 19.7 Å². The van der Waals surface area contributed by atoms with Crippen LogP contribution in [0.25, 0.3) is 0 Å². The van der Waals surface area contributed by atoms with Crippen LogP contribution in [0.2, 0.25) is 0 Å². The van der Waals surface area contributed by atoms with Gasteiger partial charge in [-0.2, -0.15) is 0 Å². The summed E-state index contributed by atoms with van der Waals surface area (Å²) in [5.74, 6) is 1.09. The van der Waals surface area contributed by atoms with E-state index < -0.39 is 12.4 Å². The predicted molar refractivity (Wildman–Crippen MR) is 75.5 cm³/mol. The summed E-state index contributed by atoms with van der Waals surface area (Å²) in [7, 11) is 0. The first kappa shape index (κ1) is 14.4. The summed E-state index contributed by atoms with van der Waals surface area (Å²) in [4.78, 5) is 0. The number of benzene rings is 2. The van der Waals surface area contributed by atoms with Gasteiger partial charge >= 0.3 is 0 Å². The van der Waals surface area contributed by atoms with Crippen LogP contribution in [0.4, 0.5) is 0 Å². The number of aliphatic hydroxyl groups is 2. The molecular formula is C16H18O4. The fourth-order valence-electron chi connectivity index (χ4n) is 1.62. The third-order valence-electron chi connectivity index (χ3n) is 2.72. The summed E-state index contributed by atoms with van der Waals surface area (Å²) in [5.41, 5.74) is 1.07. The minimum absolute atomic E-state index is 0.448. The largest absolute Gasteiger partial charge is 0.489 e. The zero-order valence-electron chi connectivity index (χ0n) is 11.3. The molecular weight excluding hydrogens is 256 g/mol. The Hall–Kier alpha value is -2.04. The quantitative estimate of drug-likeness (QED) is 0.794. The standard InChI is InChI=1S/C16H18O4/c1-12(17)16(18)20-15-9-5-8-14(10-15)19-11-13-6-3-2-4-7-13/h2-10,12,16-18H,11H2,1H3. The van der Waals surface area contributed by atoms with E-state index in [-0.39, 0.29) is 0 Å². The molecule has 4 nitrogen and oxygen atoms in total. The molecule has 2 aromatic rings. The second-order valence-corrected chi connectivity index (χ2v) is 4.50. The highest BCUT2D eigenvalue weighted by Gasteiger charge is 2.12. The van der Waals surface area contributed by atoms with E-state index >= 15 is 0 Å². The molecule has 0 saturated heterocycles. The number of hydrogen-bond acceptors (Lipinski definition) is 4. The molecule has 2 aromatic carbocycles. The second-order valence-electron chi connectivity index (χ2n) is 4.50. The highest BCUT2D eigenvalue weighted by Crippen LogP contribution is 2.21. The van der Waals surface area contributed by atoms with E-state index in [1.54, 1.807) is 18.2 Å². The van der Waals surface area contributed by atoms with Crippen LogP contribution in [0.1, 0.15) is 12.5 Å². The number of ether oxygens (including phenoxy) is 2. The number of aliphatic hydroxyl groups excluding tert-OH is 2. The summed E-state index contributed by atoms with van der Waals surface area (Å²) in [6, 6.07) is 16.8. The molecule has 0 fully saturated rings. The van der Waals surface area contributed by atoms with E-state index in [0.29, 0.717) is 18.1 Å². The predicted octanol–water partition coefficient (Wildman–Crippen LogP) is 2.34. The van der Waals surface area contributed by atoms with Crippen molar-refractivity contribution >= 4 is 0 Å². The first-order chi connectivity index (χ1) is 9.65. The van der Waals surface area contributed by atoms with Crippen LogP contribution in [-0.4, -0.2) is 22.6 Å². The second kappa shape index (κ2) is 6.93. The van der Waals surface area contributed by atoms with Crippen LogP contribution in [0, 0.1) is 0 Å². The van der Waals surface area contributed by atoms with Crippen molar-refractivity contribution in [1.82, 2.24) is 0 Å². The Morgan fingerprint density at radius 2 is 1.65 bits per heavy atom. The van der Waals surface area contributed by atoms with E-state index in [0.717, 1.165) is 5.56 Å². The Labute approximate surface area is 118 Å². The van der Waals surface area contributed by atoms with Crippen molar-refractivity contribution in [2.24, 2.45) is 0 Å². The smallest absolute Gasteiger partial charge is 0.223 e. The molecule has 2 rings (SSSR count). The van der Waals surface area contributed by atoms with Gasteiger partial charge in [-0.3, -0.25) is 0 Å². The van der Waals surface area contributed by atoms with Gasteiger partial charge in [0, 0.05) is 6.07 Å². The van der Waals surface area contributed by atoms with Gasteiger partial charge in [0.05, 0.1) is 0 Å². The lowest BCUT2D eigenvalue weighted by atomic mass is 10.2. The van der Waals surface area contributed by atoms with Crippen LogP contribution >= 0.6 is 0 Å². The highest BCUT2D eigenvalue weighted by molar-refractivity contribution is 5.33. The Bertz CT molecular complexity index is 525. The van der Waals surface area contributed by atoms with Crippen molar-refractivity contribution in [2.45, 2.75) is 25.9 Å². The molecule has 20 heavy (non-hydrogen) atoms. The molecule has 0 aromatic heterocycles. The fraction of sp³-hybridized carbons (Fsp3) is 0.250. The van der Waals surface area contributed by atoms with Crippen LogP contribution in [0.15, 0.2) is 54.6 Å². The maximum absolute atomic E-state index is 9.47. The van der Waals surface area contributed by atoms with Crippen molar-refractivity contribution in [3.8, 4) is 11.5 Å². The third kappa shape index (κ3) is 4.26. The van der Waals surface area contributed by atoms with Gasteiger partial charge in [0.15, 0.2) is 0 Å². The molecule has 0 heterocycles. The summed E-state index contributed by atoms with van der Waals surface area (Å²) in [5, 5.41) is 18.7. The van der Waals surface area contributed by atoms with Crippen molar-refractivity contribution in [3.05, 3.63) is 60.2 Å². The van der Waals surface area contributed by atoms with Gasteiger partial charge in [0.1, 0.15) is 24.2 Å². The zero-order valence-corrected chi connectivity index (χ0v) is 11.3. The molecule has 0 spiro atoms. The van der Waals surface area contributed by atoms with Gasteiger partial charge < -0.3 is 19.7 Å². The number of hydrogen-bond donors (Lipinski definition) is 2. The molecule has 0 radical (unpaired) electrons. The first-order valence-corrected chi connectivity index (χ1v) is 6.45. The topological polar surface area (TPSA) is 58.9 Å². The van der Waals surface area contributed by atoms with Gasteiger partial charge in [0.25, 0.3) is 0 Å². The van der Waals surface area contributed by atoms with Crippen LogP contribution < -0.4 is 9.47 Å². The molecule has 0 aliphatic heterocycles. The maximum atomic E-state index is 9.47. The van der Waals surface area contributed by atoms with E-state index in [1.807, 2.05) is 36.4 Å². The van der Waals surface area contributed by atoms with E-state index in [1.165, 1.54) is 6.92 Å². The Morgan fingerprint density at radius 1 is 0.950 bits per heavy atom. The lowest BCUT2D eigenvalue weighted by Crippen LogP contribution is -2.28. The number of rotatable bonds is 6. The van der Waals surface area contributed by atoms with Gasteiger partial charge in [-0.1, -0.05) is 36.4 Å². The summed E-state index contributed by atoms with van der Waals surface area (Å²) >= 11 is 0. The highest BCUT2D eigenvalue weighted by atomic mass is 16.6. The van der Waals surface area contributed by atoms with Crippen LogP contribution in [-0.2, 0) is 6.61 Å². The average Bonchev–Trinajstić information content (AvgIpc) is 2.46. The lowest BCUT2D eigenvalue weighted by molar-refractivity contribution is -0.0959. The zero-order chi connectivity index (χ0) is 14.4. The molecule has 106 valence electrons. The average molecular weight is 274 g/mol. The molecule has 0 amide bonds. The molecule has 0 aliphatic carbocycles. The van der Waals surface area contributed by atoms with Gasteiger partial charge in [0.2, 0.25) is 6.29 Å². The Balaban J connectivity index is 1.96. The maximum Gasteiger partial charge on any atom is 0.223 e. The monoisotopic (exact) mass is 274 g/mol. The SMILES string of the molecule is CC(O)C(O)Oc1cccc(OCc2ccccc2)c1. The molecule has 0 bridgehead atoms. The molecule has 0 saturated carbocycles. The third-order valence-corrected chi connectivity index (χ3v) is 2.72. The molecule has 2 N–H and O–H groups in total. The van der Waals surface area contributed by atoms with Gasteiger partial charge in [-0.15, -0.1) is 0 Å². The van der Waals surface area contributed by atoms with Gasteiger partial charge in [-0.25, -0.2) is 0 Å². The van der Waals surface area contributed by atoms with E-state index in [2.05, 4.69) is 0 Å². The van der Waals surface area contributed by atoms with Crippen LogP contribution in [0.5, 0.6) is 11.5 Å². The molecule has 4 heteroatoms. The van der Waals surface area contributed by atoms with Crippen molar-refractivity contribution in [1.29, 1.82) is 0 Å². The Morgan fingerprint density at radius 3 is 2.35 bits per heavy atom. The lowest BCUT2D eigenvalue weighted by Gasteiger charge is -2.16. The molecule has 2 atom stereocenters. The van der Waals surface area contributed by atoms with Crippen LogP contribution in [0.3, 0.4) is 0 Å². The fourth-order valence-corrected chi connectivity index (χ4v) is 1.62. The minimum Gasteiger partial charge on any atom is -0.489 e. The van der Waals surface area contributed by atoms with Gasteiger partial charge in [-0.05, 0) is 24.6 Å². The Kier molecular flexibility index (Phi) is 4.98. The van der Waals surface area contributed by atoms with Crippen molar-refractivity contribution in [2.75, 3.05) is 0 Å². The molecule has 0 aliphatic rings. The van der Waals surface area contributed by atoms with E-state index in [9.17, 15) is 10.2 Å². The molecule has 2 unspecified atom stereocenters. The van der Waals surface area contributed by atoms with Crippen molar-refractivity contribution in [3.63, 3.8) is 0 Å². The summed E-state index contributed by atoms with van der Waals surface area (Å²) in [6.45, 7) is 1.92. The summed E-state index contributed by atoms with van der Waals surface area (Å²) < 4.78 is 10.8. The van der Waals surface area contributed by atoms with E-state index in [4.69, 9.17) is 9.47 Å². The minimum atomic E-state index is -1.25. The first-order valence-electron chi connectivity index (χ1n) is 6.45. The summed E-state index contributed by atoms with van der Waals surface area (Å²) in [6.07, 6.45) is -2.21. The normalized spacial score (nSPS) is 13.6.